The quantitative estimate of drug-likeness (QED) is 0.920. The predicted molar refractivity (Wildman–Crippen MR) is 71.4 cm³/mol. The normalized spacial score (nSPS) is 11.2. The summed E-state index contributed by atoms with van der Waals surface area (Å²) in [6.45, 7) is 4.96. The number of hydrogen-bond acceptors (Lipinski definition) is 2. The number of halogens is 2. The van der Waals surface area contributed by atoms with Crippen molar-refractivity contribution < 1.29 is 8.78 Å². The smallest absolute Gasteiger partial charge is 0.135 e. The Morgan fingerprint density at radius 1 is 1.32 bits per heavy atom. The molecule has 2 aromatic rings. The largest absolute Gasteiger partial charge is 0.396 e. The zero-order valence-electron chi connectivity index (χ0n) is 11.0. The van der Waals surface area contributed by atoms with E-state index in [1.54, 1.807) is 10.9 Å². The third-order valence-corrected chi connectivity index (χ3v) is 2.91. The summed E-state index contributed by atoms with van der Waals surface area (Å²) in [6, 6.07) is 3.39. The average molecular weight is 265 g/mol. The van der Waals surface area contributed by atoms with E-state index in [0.717, 1.165) is 19.0 Å². The van der Waals surface area contributed by atoms with Crippen molar-refractivity contribution >= 4 is 5.69 Å². The fourth-order valence-electron chi connectivity index (χ4n) is 1.83. The van der Waals surface area contributed by atoms with Crippen molar-refractivity contribution in [2.45, 2.75) is 26.8 Å². The van der Waals surface area contributed by atoms with Gasteiger partial charge < -0.3 is 5.73 Å². The minimum absolute atomic E-state index is 0.224. The number of aromatic nitrogens is 2. The Hall–Kier alpha value is -1.91. The highest BCUT2D eigenvalue weighted by atomic mass is 19.1. The molecule has 0 unspecified atom stereocenters. The minimum atomic E-state index is -0.652. The first-order valence-electron chi connectivity index (χ1n) is 6.25. The SMILES string of the molecule is CC(C)CCn1cc(N)c(-c2ccc(F)cc2F)n1. The third kappa shape index (κ3) is 3.10. The van der Waals surface area contributed by atoms with Crippen LogP contribution in [0.4, 0.5) is 14.5 Å². The second-order valence-corrected chi connectivity index (χ2v) is 5.00. The van der Waals surface area contributed by atoms with Crippen LogP contribution in [-0.4, -0.2) is 9.78 Å². The first-order valence-corrected chi connectivity index (χ1v) is 6.25. The van der Waals surface area contributed by atoms with Crippen LogP contribution in [0.5, 0.6) is 0 Å². The highest BCUT2D eigenvalue weighted by molar-refractivity contribution is 5.72. The van der Waals surface area contributed by atoms with E-state index in [1.807, 2.05) is 0 Å². The molecule has 1 aromatic heterocycles. The second-order valence-electron chi connectivity index (χ2n) is 5.00. The van der Waals surface area contributed by atoms with Crippen molar-refractivity contribution in [1.29, 1.82) is 0 Å². The highest BCUT2D eigenvalue weighted by Crippen LogP contribution is 2.27. The van der Waals surface area contributed by atoms with Gasteiger partial charge in [-0.1, -0.05) is 13.8 Å². The van der Waals surface area contributed by atoms with Gasteiger partial charge in [-0.05, 0) is 24.5 Å². The Balaban J connectivity index is 2.29. The van der Waals surface area contributed by atoms with Gasteiger partial charge in [-0.15, -0.1) is 0 Å². The Morgan fingerprint density at radius 3 is 2.68 bits per heavy atom. The fourth-order valence-corrected chi connectivity index (χ4v) is 1.83. The molecule has 0 spiro atoms. The highest BCUT2D eigenvalue weighted by Gasteiger charge is 2.13. The lowest BCUT2D eigenvalue weighted by Crippen LogP contribution is -2.02. The molecule has 19 heavy (non-hydrogen) atoms. The number of nitrogens with zero attached hydrogens (tertiary/aromatic N) is 2. The van der Waals surface area contributed by atoms with Gasteiger partial charge >= 0.3 is 0 Å². The van der Waals surface area contributed by atoms with Crippen LogP contribution in [0.1, 0.15) is 20.3 Å². The molecule has 0 bridgehead atoms. The Labute approximate surface area is 111 Å². The Morgan fingerprint density at radius 2 is 2.05 bits per heavy atom. The third-order valence-electron chi connectivity index (χ3n) is 2.91. The summed E-state index contributed by atoms with van der Waals surface area (Å²) in [5, 5.41) is 4.27. The van der Waals surface area contributed by atoms with Crippen molar-refractivity contribution in [2.75, 3.05) is 5.73 Å². The van der Waals surface area contributed by atoms with Crippen molar-refractivity contribution in [3.63, 3.8) is 0 Å². The first kappa shape index (κ1) is 13.5. The van der Waals surface area contributed by atoms with Gasteiger partial charge in [0, 0.05) is 24.4 Å². The molecular weight excluding hydrogens is 248 g/mol. The summed E-state index contributed by atoms with van der Waals surface area (Å²) >= 11 is 0. The number of anilines is 1. The van der Waals surface area contributed by atoms with Gasteiger partial charge in [-0.2, -0.15) is 5.10 Å². The van der Waals surface area contributed by atoms with Crippen molar-refractivity contribution in [1.82, 2.24) is 9.78 Å². The molecule has 0 aliphatic carbocycles. The molecule has 1 aromatic carbocycles. The molecule has 0 aliphatic rings. The molecule has 0 amide bonds. The number of rotatable bonds is 4. The van der Waals surface area contributed by atoms with Crippen LogP contribution in [0.25, 0.3) is 11.3 Å². The summed E-state index contributed by atoms with van der Waals surface area (Å²) in [5.41, 5.74) is 6.83. The number of hydrogen-bond donors (Lipinski definition) is 1. The number of aryl methyl sites for hydroxylation is 1. The maximum Gasteiger partial charge on any atom is 0.135 e. The molecule has 2 N–H and O–H groups in total. The lowest BCUT2D eigenvalue weighted by molar-refractivity contribution is 0.488. The zero-order chi connectivity index (χ0) is 14.0. The second kappa shape index (κ2) is 5.38. The van der Waals surface area contributed by atoms with Crippen molar-refractivity contribution in [3.05, 3.63) is 36.0 Å². The topological polar surface area (TPSA) is 43.8 Å². The van der Waals surface area contributed by atoms with Crippen LogP contribution in [0.2, 0.25) is 0 Å². The monoisotopic (exact) mass is 265 g/mol. The molecule has 0 radical (unpaired) electrons. The number of nitrogens with two attached hydrogens (primary N) is 1. The summed E-state index contributed by atoms with van der Waals surface area (Å²) in [6.07, 6.45) is 2.65. The molecule has 0 saturated heterocycles. The van der Waals surface area contributed by atoms with Crippen LogP contribution in [0, 0.1) is 17.6 Å². The molecule has 0 aliphatic heterocycles. The summed E-state index contributed by atoms with van der Waals surface area (Å²) in [7, 11) is 0. The van der Waals surface area contributed by atoms with Crippen LogP contribution in [0.15, 0.2) is 24.4 Å². The standard InChI is InChI=1S/C14H17F2N3/c1-9(2)5-6-19-8-13(17)14(18-19)11-4-3-10(15)7-12(11)16/h3-4,7-9H,5-6,17H2,1-2H3. The van der Waals surface area contributed by atoms with E-state index in [4.69, 9.17) is 5.73 Å². The molecule has 102 valence electrons. The van der Waals surface area contributed by atoms with Gasteiger partial charge in [0.15, 0.2) is 0 Å². The van der Waals surface area contributed by atoms with E-state index in [1.165, 1.54) is 12.1 Å². The van der Waals surface area contributed by atoms with E-state index < -0.39 is 11.6 Å². The van der Waals surface area contributed by atoms with E-state index in [-0.39, 0.29) is 5.56 Å². The zero-order valence-corrected chi connectivity index (χ0v) is 11.0. The van der Waals surface area contributed by atoms with Crippen LogP contribution < -0.4 is 5.73 Å². The molecule has 5 heteroatoms. The molecular formula is C14H17F2N3. The molecule has 0 fully saturated rings. The van der Waals surface area contributed by atoms with Gasteiger partial charge in [0.25, 0.3) is 0 Å². The van der Waals surface area contributed by atoms with Gasteiger partial charge in [-0.25, -0.2) is 8.78 Å². The summed E-state index contributed by atoms with van der Waals surface area (Å²) in [5.74, 6) is -0.712. The lowest BCUT2D eigenvalue weighted by Gasteiger charge is -2.04. The van der Waals surface area contributed by atoms with E-state index in [0.29, 0.717) is 17.3 Å². The maximum atomic E-state index is 13.7. The average Bonchev–Trinajstić information content (AvgIpc) is 2.68. The van der Waals surface area contributed by atoms with Gasteiger partial charge in [0.05, 0.1) is 5.69 Å². The maximum absolute atomic E-state index is 13.7. The summed E-state index contributed by atoms with van der Waals surface area (Å²) < 4.78 is 28.3. The van der Waals surface area contributed by atoms with E-state index in [9.17, 15) is 8.78 Å². The fraction of sp³-hybridized carbons (Fsp3) is 0.357. The molecule has 1 heterocycles. The van der Waals surface area contributed by atoms with Crippen LogP contribution in [0.3, 0.4) is 0 Å². The number of benzene rings is 1. The van der Waals surface area contributed by atoms with Gasteiger partial charge in [0.1, 0.15) is 17.3 Å². The number of nitrogen functional groups attached to an aromatic ring is 1. The Bertz CT molecular complexity index is 576. The van der Waals surface area contributed by atoms with Gasteiger partial charge in [-0.3, -0.25) is 4.68 Å². The van der Waals surface area contributed by atoms with Crippen molar-refractivity contribution in [3.8, 4) is 11.3 Å². The Kier molecular flexibility index (Phi) is 3.83. The molecule has 3 nitrogen and oxygen atoms in total. The molecule has 2 rings (SSSR count). The molecule has 0 saturated carbocycles. The van der Waals surface area contributed by atoms with Crippen LogP contribution in [-0.2, 0) is 6.54 Å². The first-order chi connectivity index (χ1) is 8.97. The lowest BCUT2D eigenvalue weighted by atomic mass is 10.1. The van der Waals surface area contributed by atoms with Gasteiger partial charge in [0.2, 0.25) is 0 Å². The molecule has 0 atom stereocenters. The predicted octanol–water partition coefficient (Wildman–Crippen LogP) is 3.46. The minimum Gasteiger partial charge on any atom is -0.396 e. The van der Waals surface area contributed by atoms with E-state index >= 15 is 0 Å². The van der Waals surface area contributed by atoms with Crippen molar-refractivity contribution in [2.24, 2.45) is 5.92 Å². The van der Waals surface area contributed by atoms with Crippen LogP contribution >= 0.6 is 0 Å². The van der Waals surface area contributed by atoms with E-state index in [2.05, 4.69) is 18.9 Å². The summed E-state index contributed by atoms with van der Waals surface area (Å²) in [4.78, 5) is 0.